The van der Waals surface area contributed by atoms with Gasteiger partial charge in [-0.3, -0.25) is 20.0 Å². The van der Waals surface area contributed by atoms with Gasteiger partial charge in [-0.25, -0.2) is 0 Å². The van der Waals surface area contributed by atoms with Crippen molar-refractivity contribution in [1.29, 1.82) is 0 Å². The molecule has 2 aromatic carbocycles. The maximum absolute atomic E-state index is 4.75. The number of aliphatic imine (C=N–C) groups is 2. The van der Waals surface area contributed by atoms with E-state index in [0.29, 0.717) is 0 Å². The van der Waals surface area contributed by atoms with Gasteiger partial charge in [0.15, 0.2) is 0 Å². The number of aryl methyl sites for hydroxylation is 2. The molecule has 6 rings (SSSR count). The number of benzene rings is 2. The zero-order valence-corrected chi connectivity index (χ0v) is 19.9. The first-order chi connectivity index (χ1) is 17.1. The van der Waals surface area contributed by atoms with Gasteiger partial charge in [0.25, 0.3) is 0 Å². The van der Waals surface area contributed by atoms with Crippen LogP contribution in [0.25, 0.3) is 0 Å². The largest absolute Gasteiger partial charge is 0.349 e. The van der Waals surface area contributed by atoms with Gasteiger partial charge in [0.1, 0.15) is 0 Å². The van der Waals surface area contributed by atoms with Crippen LogP contribution in [0.4, 0.5) is 22.7 Å². The van der Waals surface area contributed by atoms with E-state index in [-0.39, 0.29) is 0 Å². The summed E-state index contributed by atoms with van der Waals surface area (Å²) in [6.45, 7) is 7.03. The third kappa shape index (κ3) is 4.19. The highest BCUT2D eigenvalue weighted by Crippen LogP contribution is 2.43. The molecule has 2 aromatic heterocycles. The van der Waals surface area contributed by atoms with E-state index < -0.39 is 0 Å². The number of anilines is 2. The molecule has 6 heteroatoms. The van der Waals surface area contributed by atoms with Gasteiger partial charge in [0.2, 0.25) is 0 Å². The van der Waals surface area contributed by atoms with Crippen LogP contribution in [0.1, 0.15) is 33.4 Å². The third-order valence-electron chi connectivity index (χ3n) is 6.56. The Hall–Kier alpha value is -4.32. The fourth-order valence-corrected chi connectivity index (χ4v) is 5.17. The summed E-state index contributed by atoms with van der Waals surface area (Å²) >= 11 is 0. The van der Waals surface area contributed by atoms with Crippen molar-refractivity contribution in [2.45, 2.75) is 26.9 Å². The van der Waals surface area contributed by atoms with E-state index in [1.165, 1.54) is 33.6 Å². The van der Waals surface area contributed by atoms with Gasteiger partial charge in [-0.05, 0) is 95.8 Å². The summed E-state index contributed by atoms with van der Waals surface area (Å²) in [7, 11) is 0. The summed E-state index contributed by atoms with van der Waals surface area (Å²) in [5.74, 6) is 0. The average Bonchev–Trinajstić information content (AvgIpc) is 2.87. The van der Waals surface area contributed by atoms with E-state index in [2.05, 4.69) is 57.9 Å². The van der Waals surface area contributed by atoms with Crippen molar-refractivity contribution in [3.8, 4) is 0 Å². The highest BCUT2D eigenvalue weighted by atomic mass is 15.4. The Morgan fingerprint density at radius 1 is 0.657 bits per heavy atom. The lowest BCUT2D eigenvalue weighted by atomic mass is 9.96. The first kappa shape index (κ1) is 21.2. The summed E-state index contributed by atoms with van der Waals surface area (Å²) in [5.41, 5.74) is 11.9. The molecule has 2 aliphatic rings. The van der Waals surface area contributed by atoms with Crippen LogP contribution >= 0.6 is 0 Å². The van der Waals surface area contributed by atoms with Crippen LogP contribution in [-0.2, 0) is 13.1 Å². The molecule has 0 unspecified atom stereocenters. The Balaban J connectivity index is 1.31. The molecule has 172 valence electrons. The molecule has 0 spiro atoms. The fraction of sp³-hybridized carbons (Fsp3) is 0.172. The van der Waals surface area contributed by atoms with Gasteiger partial charge in [-0.1, -0.05) is 0 Å². The van der Waals surface area contributed by atoms with Gasteiger partial charge >= 0.3 is 0 Å². The lowest BCUT2D eigenvalue weighted by molar-refractivity contribution is 0.647. The molecule has 0 amide bonds. The van der Waals surface area contributed by atoms with Crippen molar-refractivity contribution in [2.75, 3.05) is 16.5 Å². The molecule has 0 atom stereocenters. The molecule has 4 heterocycles. The van der Waals surface area contributed by atoms with Crippen molar-refractivity contribution < 1.29 is 0 Å². The van der Waals surface area contributed by atoms with E-state index in [1.54, 1.807) is 24.8 Å². The lowest BCUT2D eigenvalue weighted by Gasteiger charge is -2.46. The second-order valence-corrected chi connectivity index (χ2v) is 9.16. The third-order valence-corrected chi connectivity index (χ3v) is 6.56. The summed E-state index contributed by atoms with van der Waals surface area (Å²) in [5, 5.41) is 0. The van der Waals surface area contributed by atoms with E-state index in [9.17, 15) is 0 Å². The number of fused-ring (bicyclic) bond motifs is 6. The van der Waals surface area contributed by atoms with Crippen LogP contribution in [0.2, 0.25) is 0 Å². The normalized spacial score (nSPS) is 14.5. The summed E-state index contributed by atoms with van der Waals surface area (Å²) in [6.07, 6.45) is 11.0. The average molecular weight is 459 g/mol. The van der Waals surface area contributed by atoms with Gasteiger partial charge in [-0.15, -0.1) is 0 Å². The minimum Gasteiger partial charge on any atom is -0.349 e. The molecule has 6 nitrogen and oxygen atoms in total. The van der Waals surface area contributed by atoms with E-state index in [1.807, 2.05) is 36.7 Å². The predicted molar refractivity (Wildman–Crippen MR) is 143 cm³/mol. The van der Waals surface area contributed by atoms with E-state index in [0.717, 1.165) is 42.3 Å². The smallest absolute Gasteiger partial charge is 0.0910 e. The van der Waals surface area contributed by atoms with Gasteiger partial charge in [-0.2, -0.15) is 0 Å². The Bertz CT molecular complexity index is 1330. The maximum Gasteiger partial charge on any atom is 0.0910 e. The molecule has 0 fully saturated rings. The number of rotatable bonds is 4. The van der Waals surface area contributed by atoms with Crippen molar-refractivity contribution in [3.63, 3.8) is 0 Å². The number of hydrogen-bond donors (Lipinski definition) is 0. The quantitative estimate of drug-likeness (QED) is 0.358. The van der Waals surface area contributed by atoms with Crippen LogP contribution in [0.5, 0.6) is 0 Å². The molecule has 0 saturated heterocycles. The van der Waals surface area contributed by atoms with Crippen LogP contribution in [0.3, 0.4) is 0 Å². The molecule has 2 bridgehead atoms. The van der Waals surface area contributed by atoms with Crippen LogP contribution in [0.15, 0.2) is 83.3 Å². The molecule has 0 aliphatic carbocycles. The first-order valence-corrected chi connectivity index (χ1v) is 11.8. The molecular weight excluding hydrogens is 432 g/mol. The SMILES string of the molecule is Cc1cc(N=Cc2ccncc2)cc2c1N1Cc3cc(N=Cc4ccncc4)cc(C)c3N(C2)C1. The molecule has 35 heavy (non-hydrogen) atoms. The van der Waals surface area contributed by atoms with Gasteiger partial charge in [0.05, 0.1) is 18.0 Å². The standard InChI is InChI=1S/C29H26N6/c1-20-11-26(32-15-22-3-7-30-8-4-22)13-24-17-35-19-34(28(20)24)18-25-14-27(12-21(2)29(25)35)33-16-23-5-9-31-10-6-23/h3-16H,17-19H2,1-2H3. The molecular formula is C29H26N6. The Morgan fingerprint density at radius 3 is 1.51 bits per heavy atom. The minimum absolute atomic E-state index is 0.874. The van der Waals surface area contributed by atoms with Crippen LogP contribution < -0.4 is 9.80 Å². The molecule has 0 saturated carbocycles. The molecule has 0 radical (unpaired) electrons. The predicted octanol–water partition coefficient (Wildman–Crippen LogP) is 5.89. The Morgan fingerprint density at radius 2 is 1.09 bits per heavy atom. The van der Waals surface area contributed by atoms with Crippen LogP contribution in [0, 0.1) is 13.8 Å². The molecule has 0 N–H and O–H groups in total. The monoisotopic (exact) mass is 458 g/mol. The molecule has 4 aromatic rings. The maximum atomic E-state index is 4.75. The van der Waals surface area contributed by atoms with Crippen molar-refractivity contribution in [2.24, 2.45) is 9.98 Å². The Labute approximate surface area is 205 Å². The molecule has 2 aliphatic heterocycles. The highest BCUT2D eigenvalue weighted by molar-refractivity contribution is 5.84. The number of pyridine rings is 2. The minimum atomic E-state index is 0.874. The first-order valence-electron chi connectivity index (χ1n) is 11.8. The van der Waals surface area contributed by atoms with E-state index in [4.69, 9.17) is 9.98 Å². The van der Waals surface area contributed by atoms with Crippen molar-refractivity contribution in [3.05, 3.63) is 107 Å². The Kier molecular flexibility index (Phi) is 5.34. The summed E-state index contributed by atoms with van der Waals surface area (Å²) < 4.78 is 0. The fourth-order valence-electron chi connectivity index (χ4n) is 5.17. The number of aromatic nitrogens is 2. The van der Waals surface area contributed by atoms with Crippen molar-refractivity contribution >= 4 is 35.2 Å². The van der Waals surface area contributed by atoms with E-state index >= 15 is 0 Å². The second-order valence-electron chi connectivity index (χ2n) is 9.16. The second kappa shape index (κ2) is 8.80. The number of nitrogens with zero attached hydrogens (tertiary/aromatic N) is 6. The van der Waals surface area contributed by atoms with Crippen molar-refractivity contribution in [1.82, 2.24) is 9.97 Å². The topological polar surface area (TPSA) is 57.0 Å². The lowest BCUT2D eigenvalue weighted by Crippen LogP contribution is -2.46. The summed E-state index contributed by atoms with van der Waals surface area (Å²) in [6, 6.07) is 16.7. The number of hydrogen-bond acceptors (Lipinski definition) is 6. The summed E-state index contributed by atoms with van der Waals surface area (Å²) in [4.78, 5) is 22.6. The van der Waals surface area contributed by atoms with Gasteiger partial charge in [0, 0.05) is 61.7 Å². The van der Waals surface area contributed by atoms with Crippen LogP contribution in [-0.4, -0.2) is 29.1 Å². The zero-order valence-electron chi connectivity index (χ0n) is 19.9. The van der Waals surface area contributed by atoms with Gasteiger partial charge < -0.3 is 9.80 Å². The zero-order chi connectivity index (χ0) is 23.8. The highest BCUT2D eigenvalue weighted by Gasteiger charge is 2.31.